The third-order valence-corrected chi connectivity index (χ3v) is 2.35. The van der Waals surface area contributed by atoms with E-state index in [0.717, 1.165) is 6.92 Å². The first kappa shape index (κ1) is 16.5. The number of amides is 1. The standard InChI is InChI=1S/C10H5ClF7NO/c1-2(11)9(20)19-8-6(14)4(12)3(10(16,17)18)5(13)7(8)15/h2H,1H3,(H,19,20)/t2-/m1/s1. The minimum absolute atomic E-state index is 1.07. The molecule has 2 nitrogen and oxygen atoms in total. The molecule has 0 fully saturated rings. The molecule has 10 heteroatoms. The van der Waals surface area contributed by atoms with Crippen molar-refractivity contribution in [1.29, 1.82) is 0 Å². The van der Waals surface area contributed by atoms with Crippen LogP contribution in [0.2, 0.25) is 0 Å². The summed E-state index contributed by atoms with van der Waals surface area (Å²) in [4.78, 5) is 11.1. The highest BCUT2D eigenvalue weighted by molar-refractivity contribution is 6.32. The van der Waals surface area contributed by atoms with Gasteiger partial charge in [0.25, 0.3) is 0 Å². The van der Waals surface area contributed by atoms with Crippen molar-refractivity contribution in [3.63, 3.8) is 0 Å². The van der Waals surface area contributed by atoms with Crippen LogP contribution in [0.4, 0.5) is 36.4 Å². The maximum atomic E-state index is 13.3. The second-order valence-electron chi connectivity index (χ2n) is 3.61. The Kier molecular flexibility index (Phi) is 4.52. The van der Waals surface area contributed by atoms with E-state index >= 15 is 0 Å². The molecule has 1 rings (SSSR count). The molecular weight excluding hydrogens is 319 g/mol. The van der Waals surface area contributed by atoms with Crippen LogP contribution in [0.15, 0.2) is 0 Å². The Labute approximate surface area is 112 Å². The van der Waals surface area contributed by atoms with Gasteiger partial charge in [0.2, 0.25) is 5.91 Å². The molecule has 0 spiro atoms. The molecule has 1 atom stereocenters. The lowest BCUT2D eigenvalue weighted by Gasteiger charge is -2.15. The second kappa shape index (κ2) is 5.47. The Balaban J connectivity index is 3.49. The van der Waals surface area contributed by atoms with Crippen molar-refractivity contribution in [1.82, 2.24) is 0 Å². The molecule has 0 aliphatic carbocycles. The number of carbonyl (C=O) groups is 1. The minimum Gasteiger partial charge on any atom is -0.320 e. The second-order valence-corrected chi connectivity index (χ2v) is 4.26. The molecule has 0 aromatic heterocycles. The molecule has 0 saturated heterocycles. The molecule has 1 aromatic carbocycles. The molecule has 112 valence electrons. The average Bonchev–Trinajstić information content (AvgIpc) is 2.30. The Morgan fingerprint density at radius 3 is 1.75 bits per heavy atom. The number of carbonyl (C=O) groups excluding carboxylic acids is 1. The van der Waals surface area contributed by atoms with Gasteiger partial charge in [0.05, 0.1) is 0 Å². The Bertz CT molecular complexity index is 527. The molecule has 0 aliphatic rings. The number of hydrogen-bond acceptors (Lipinski definition) is 1. The SMILES string of the molecule is C[C@@H](Cl)C(=O)Nc1c(F)c(F)c(C(F)(F)F)c(F)c1F. The zero-order chi connectivity index (χ0) is 15.8. The quantitative estimate of drug-likeness (QED) is 0.500. The molecule has 20 heavy (non-hydrogen) atoms. The van der Waals surface area contributed by atoms with Crippen LogP contribution in [-0.2, 0) is 11.0 Å². The summed E-state index contributed by atoms with van der Waals surface area (Å²) >= 11 is 5.24. The number of benzene rings is 1. The first-order chi connectivity index (χ1) is 8.98. The van der Waals surface area contributed by atoms with Crippen LogP contribution in [0.3, 0.4) is 0 Å². The van der Waals surface area contributed by atoms with Gasteiger partial charge >= 0.3 is 6.18 Å². The van der Waals surface area contributed by atoms with E-state index in [1.165, 1.54) is 5.32 Å². The molecule has 1 aromatic rings. The topological polar surface area (TPSA) is 29.1 Å². The number of rotatable bonds is 2. The fourth-order valence-corrected chi connectivity index (χ4v) is 1.27. The first-order valence-corrected chi connectivity index (χ1v) is 5.30. The van der Waals surface area contributed by atoms with E-state index in [2.05, 4.69) is 0 Å². The third-order valence-electron chi connectivity index (χ3n) is 2.16. The summed E-state index contributed by atoms with van der Waals surface area (Å²) in [6.07, 6.45) is -5.64. The lowest BCUT2D eigenvalue weighted by molar-refractivity contribution is -0.143. The molecule has 0 saturated carbocycles. The normalized spacial score (nSPS) is 13.2. The summed E-state index contributed by atoms with van der Waals surface area (Å²) in [7, 11) is 0. The van der Waals surface area contributed by atoms with Gasteiger partial charge in [0, 0.05) is 0 Å². The Morgan fingerprint density at radius 1 is 1.05 bits per heavy atom. The summed E-state index contributed by atoms with van der Waals surface area (Å²) in [5, 5.41) is 0.0387. The Hall–Kier alpha value is -1.51. The highest BCUT2D eigenvalue weighted by atomic mass is 35.5. The van der Waals surface area contributed by atoms with E-state index in [1.807, 2.05) is 0 Å². The maximum Gasteiger partial charge on any atom is 0.422 e. The maximum absolute atomic E-state index is 13.3. The first-order valence-electron chi connectivity index (χ1n) is 4.86. The molecule has 0 radical (unpaired) electrons. The van der Waals surface area contributed by atoms with Crippen molar-refractivity contribution in [3.05, 3.63) is 28.8 Å². The monoisotopic (exact) mass is 323 g/mol. The lowest BCUT2D eigenvalue weighted by atomic mass is 10.1. The third kappa shape index (κ3) is 2.97. The van der Waals surface area contributed by atoms with Crippen LogP contribution < -0.4 is 5.32 Å². The van der Waals surface area contributed by atoms with Gasteiger partial charge < -0.3 is 5.32 Å². The Morgan fingerprint density at radius 2 is 1.45 bits per heavy atom. The largest absolute Gasteiger partial charge is 0.422 e. The van der Waals surface area contributed by atoms with Crippen molar-refractivity contribution in [2.24, 2.45) is 0 Å². The number of hydrogen-bond donors (Lipinski definition) is 1. The van der Waals surface area contributed by atoms with Gasteiger partial charge in [0.15, 0.2) is 23.3 Å². The van der Waals surface area contributed by atoms with Gasteiger partial charge in [-0.25, -0.2) is 17.6 Å². The van der Waals surface area contributed by atoms with E-state index in [4.69, 9.17) is 11.6 Å². The number of alkyl halides is 4. The number of halogens is 8. The van der Waals surface area contributed by atoms with Crippen molar-refractivity contribution in [2.45, 2.75) is 18.5 Å². The molecule has 0 bridgehead atoms. The molecular formula is C10H5ClF7NO. The number of nitrogens with one attached hydrogen (secondary N) is 1. The van der Waals surface area contributed by atoms with Gasteiger partial charge in [-0.1, -0.05) is 0 Å². The summed E-state index contributed by atoms with van der Waals surface area (Å²) < 4.78 is 89.8. The average molecular weight is 324 g/mol. The van der Waals surface area contributed by atoms with Crippen molar-refractivity contribution < 1.29 is 35.5 Å². The van der Waals surface area contributed by atoms with Crippen LogP contribution in [0.5, 0.6) is 0 Å². The van der Waals surface area contributed by atoms with Crippen LogP contribution >= 0.6 is 11.6 Å². The smallest absolute Gasteiger partial charge is 0.320 e. The molecule has 0 aliphatic heterocycles. The van der Waals surface area contributed by atoms with Crippen LogP contribution in [0, 0.1) is 23.3 Å². The van der Waals surface area contributed by atoms with E-state index in [9.17, 15) is 35.5 Å². The van der Waals surface area contributed by atoms with Gasteiger partial charge in [0.1, 0.15) is 16.6 Å². The van der Waals surface area contributed by atoms with Crippen molar-refractivity contribution in [2.75, 3.05) is 5.32 Å². The van der Waals surface area contributed by atoms with Crippen LogP contribution in [-0.4, -0.2) is 11.3 Å². The number of anilines is 1. The molecule has 1 amide bonds. The van der Waals surface area contributed by atoms with Gasteiger partial charge in [-0.15, -0.1) is 11.6 Å². The van der Waals surface area contributed by atoms with Crippen molar-refractivity contribution in [3.8, 4) is 0 Å². The van der Waals surface area contributed by atoms with E-state index in [-0.39, 0.29) is 0 Å². The predicted octanol–water partition coefficient (Wildman–Crippen LogP) is 3.83. The highest BCUT2D eigenvalue weighted by Gasteiger charge is 2.42. The van der Waals surface area contributed by atoms with Gasteiger partial charge in [-0.2, -0.15) is 13.2 Å². The summed E-state index contributed by atoms with van der Waals surface area (Å²) in [5.74, 6) is -11.3. The van der Waals surface area contributed by atoms with E-state index in [1.54, 1.807) is 0 Å². The van der Waals surface area contributed by atoms with E-state index < -0.39 is 52.0 Å². The van der Waals surface area contributed by atoms with Crippen LogP contribution in [0.25, 0.3) is 0 Å². The summed E-state index contributed by atoms with van der Waals surface area (Å²) in [5.41, 5.74) is -4.39. The lowest BCUT2D eigenvalue weighted by Crippen LogP contribution is -2.24. The predicted molar refractivity (Wildman–Crippen MR) is 55.2 cm³/mol. The zero-order valence-corrected chi connectivity index (χ0v) is 10.3. The van der Waals surface area contributed by atoms with Gasteiger partial charge in [-0.3, -0.25) is 4.79 Å². The van der Waals surface area contributed by atoms with Crippen molar-refractivity contribution >= 4 is 23.2 Å². The minimum atomic E-state index is -5.64. The summed E-state index contributed by atoms with van der Waals surface area (Å²) in [6, 6.07) is 0. The van der Waals surface area contributed by atoms with Crippen LogP contribution in [0.1, 0.15) is 12.5 Å². The van der Waals surface area contributed by atoms with E-state index in [0.29, 0.717) is 0 Å². The molecule has 0 unspecified atom stereocenters. The molecule has 0 heterocycles. The molecule has 1 N–H and O–H groups in total. The van der Waals surface area contributed by atoms with Gasteiger partial charge in [-0.05, 0) is 6.92 Å². The fourth-order valence-electron chi connectivity index (χ4n) is 1.21. The fraction of sp³-hybridized carbons (Fsp3) is 0.300. The highest BCUT2D eigenvalue weighted by Crippen LogP contribution is 2.38. The zero-order valence-electron chi connectivity index (χ0n) is 9.51. The summed E-state index contributed by atoms with van der Waals surface area (Å²) in [6.45, 7) is 1.07.